The summed E-state index contributed by atoms with van der Waals surface area (Å²) in [6, 6.07) is 10.7. The van der Waals surface area contributed by atoms with Crippen molar-refractivity contribution in [3.8, 4) is 5.75 Å². The maximum absolute atomic E-state index is 12.0. The molecule has 0 aliphatic rings. The molecule has 0 bridgehead atoms. The number of nitrogens with one attached hydrogen (secondary N) is 2. The third kappa shape index (κ3) is 4.62. The summed E-state index contributed by atoms with van der Waals surface area (Å²) in [7, 11) is 0. The largest absolute Gasteiger partial charge is 0.481 e. The summed E-state index contributed by atoms with van der Waals surface area (Å²) in [5.41, 5.74) is 5.80. The third-order valence-electron chi connectivity index (χ3n) is 3.45. The summed E-state index contributed by atoms with van der Waals surface area (Å²) in [5.74, 6) is -0.297. The molecule has 6 heteroatoms. The quantitative estimate of drug-likeness (QED) is 0.845. The molecule has 0 unspecified atom stereocenters. The molecule has 2 N–H and O–H groups in total. The van der Waals surface area contributed by atoms with E-state index >= 15 is 0 Å². The lowest BCUT2D eigenvalue weighted by Crippen LogP contribution is -2.47. The maximum atomic E-state index is 12.0. The van der Waals surface area contributed by atoms with Crippen LogP contribution in [0.2, 0.25) is 0 Å². The zero-order valence-electron chi connectivity index (χ0n) is 14.3. The van der Waals surface area contributed by atoms with Crippen LogP contribution in [0.5, 0.6) is 5.75 Å². The van der Waals surface area contributed by atoms with Crippen molar-refractivity contribution >= 4 is 11.8 Å². The molecule has 1 atom stereocenters. The highest BCUT2D eigenvalue weighted by atomic mass is 16.5. The fourth-order valence-corrected chi connectivity index (χ4v) is 1.98. The smallest absolute Gasteiger partial charge is 0.305 e. The lowest BCUT2D eigenvalue weighted by Gasteiger charge is -2.20. The minimum Gasteiger partial charge on any atom is -0.481 e. The van der Waals surface area contributed by atoms with Crippen molar-refractivity contribution in [3.05, 3.63) is 54.0 Å². The molecule has 2 rings (SSSR count). The van der Waals surface area contributed by atoms with E-state index in [1.165, 1.54) is 17.9 Å². The number of hydrogen-bond acceptors (Lipinski definition) is 4. The maximum Gasteiger partial charge on any atom is 0.305 e. The van der Waals surface area contributed by atoms with Crippen molar-refractivity contribution in [3.63, 3.8) is 0 Å². The van der Waals surface area contributed by atoms with Crippen LogP contribution in [0.25, 0.3) is 0 Å². The highest BCUT2D eigenvalue weighted by molar-refractivity contribution is 5.93. The first-order valence-electron chi connectivity index (χ1n) is 7.68. The van der Waals surface area contributed by atoms with Gasteiger partial charge in [-0.05, 0) is 42.2 Å². The van der Waals surface area contributed by atoms with E-state index in [4.69, 9.17) is 9.15 Å². The molecule has 0 aliphatic heterocycles. The van der Waals surface area contributed by atoms with Gasteiger partial charge < -0.3 is 9.15 Å². The predicted octanol–water partition coefficient (Wildman–Crippen LogP) is 2.81. The van der Waals surface area contributed by atoms with Crippen molar-refractivity contribution in [1.29, 1.82) is 0 Å². The molecule has 24 heavy (non-hydrogen) atoms. The predicted molar refractivity (Wildman–Crippen MR) is 89.5 cm³/mol. The number of amides is 2. The fraction of sp³-hybridized carbons (Fsp3) is 0.333. The Balaban J connectivity index is 1.86. The van der Waals surface area contributed by atoms with Gasteiger partial charge in [0.2, 0.25) is 0 Å². The molecule has 0 spiro atoms. The Hall–Kier alpha value is -2.76. The first-order valence-corrected chi connectivity index (χ1v) is 7.68. The number of benzene rings is 1. The number of furan rings is 1. The van der Waals surface area contributed by atoms with Crippen LogP contribution in [-0.2, 0) is 10.2 Å². The molecule has 0 fully saturated rings. The molecule has 2 aromatic rings. The van der Waals surface area contributed by atoms with Gasteiger partial charge in [-0.2, -0.15) is 0 Å². The molecule has 0 radical (unpaired) electrons. The number of hydrazine groups is 1. The summed E-state index contributed by atoms with van der Waals surface area (Å²) >= 11 is 0. The summed E-state index contributed by atoms with van der Waals surface area (Å²) in [5, 5.41) is 0. The van der Waals surface area contributed by atoms with Crippen LogP contribution in [0.3, 0.4) is 0 Å². The van der Waals surface area contributed by atoms with Crippen molar-refractivity contribution < 1.29 is 18.7 Å². The molecule has 1 heterocycles. The van der Waals surface area contributed by atoms with Gasteiger partial charge in [0.1, 0.15) is 5.75 Å². The lowest BCUT2D eigenvalue weighted by atomic mass is 9.87. The van der Waals surface area contributed by atoms with E-state index in [1.54, 1.807) is 13.0 Å². The van der Waals surface area contributed by atoms with E-state index in [9.17, 15) is 9.59 Å². The van der Waals surface area contributed by atoms with Crippen molar-refractivity contribution in [2.75, 3.05) is 0 Å². The molecular formula is C18H22N2O4. The molecule has 6 nitrogen and oxygen atoms in total. The molecule has 2 amide bonds. The normalized spacial score (nSPS) is 12.3. The van der Waals surface area contributed by atoms with Crippen LogP contribution in [0.15, 0.2) is 47.1 Å². The van der Waals surface area contributed by atoms with E-state index in [-0.39, 0.29) is 11.2 Å². The van der Waals surface area contributed by atoms with Crippen LogP contribution in [0.1, 0.15) is 43.8 Å². The number of carbonyl (C=O) groups is 2. The number of ether oxygens (including phenoxy) is 1. The zero-order valence-corrected chi connectivity index (χ0v) is 14.3. The molecule has 128 valence electrons. The van der Waals surface area contributed by atoms with Gasteiger partial charge in [0, 0.05) is 0 Å². The van der Waals surface area contributed by atoms with Gasteiger partial charge in [-0.3, -0.25) is 20.4 Å². The van der Waals surface area contributed by atoms with E-state index < -0.39 is 17.9 Å². The van der Waals surface area contributed by atoms with Crippen molar-refractivity contribution in [1.82, 2.24) is 10.9 Å². The van der Waals surface area contributed by atoms with Gasteiger partial charge in [0.25, 0.3) is 5.91 Å². The molecule has 0 aliphatic carbocycles. The van der Waals surface area contributed by atoms with Gasteiger partial charge in [-0.1, -0.05) is 32.9 Å². The first-order chi connectivity index (χ1) is 11.3. The molecule has 0 saturated carbocycles. The average molecular weight is 330 g/mol. The van der Waals surface area contributed by atoms with Gasteiger partial charge >= 0.3 is 5.91 Å². The monoisotopic (exact) mass is 330 g/mol. The van der Waals surface area contributed by atoms with Crippen LogP contribution in [0, 0.1) is 0 Å². The van der Waals surface area contributed by atoms with Gasteiger partial charge in [-0.25, -0.2) is 0 Å². The van der Waals surface area contributed by atoms with E-state index in [1.807, 2.05) is 24.3 Å². The van der Waals surface area contributed by atoms with E-state index in [2.05, 4.69) is 31.6 Å². The van der Waals surface area contributed by atoms with Crippen molar-refractivity contribution in [2.45, 2.75) is 39.2 Å². The Morgan fingerprint density at radius 1 is 1.08 bits per heavy atom. The number of hydrogen-bond donors (Lipinski definition) is 2. The second kappa shape index (κ2) is 7.21. The van der Waals surface area contributed by atoms with E-state index in [0.29, 0.717) is 5.75 Å². The van der Waals surface area contributed by atoms with Crippen LogP contribution < -0.4 is 15.6 Å². The highest BCUT2D eigenvalue weighted by Gasteiger charge is 2.18. The summed E-state index contributed by atoms with van der Waals surface area (Å²) in [6.07, 6.45) is 0.617. The Morgan fingerprint density at radius 2 is 1.75 bits per heavy atom. The van der Waals surface area contributed by atoms with Crippen LogP contribution in [-0.4, -0.2) is 17.9 Å². The van der Waals surface area contributed by atoms with Gasteiger partial charge in [0.05, 0.1) is 6.26 Å². The molecule has 1 aromatic heterocycles. The Bertz CT molecular complexity index is 685. The minimum atomic E-state index is -0.762. The standard InChI is InChI=1S/C18H22N2O4/c1-12(16(21)19-20-17(22)15-6-5-11-23-15)24-14-9-7-13(8-10-14)18(2,3)4/h5-12H,1-4H3,(H,19,21)(H,20,22)/t12-/m0/s1. The molecular weight excluding hydrogens is 308 g/mol. The summed E-state index contributed by atoms with van der Waals surface area (Å²) < 4.78 is 10.5. The number of rotatable bonds is 4. The summed E-state index contributed by atoms with van der Waals surface area (Å²) in [6.45, 7) is 7.98. The topological polar surface area (TPSA) is 80.6 Å². The zero-order chi connectivity index (χ0) is 17.7. The average Bonchev–Trinajstić information content (AvgIpc) is 3.06. The molecule has 0 saturated heterocycles. The Kier molecular flexibility index (Phi) is 5.28. The van der Waals surface area contributed by atoms with Gasteiger partial charge in [0.15, 0.2) is 11.9 Å². The molecule has 1 aromatic carbocycles. The lowest BCUT2D eigenvalue weighted by molar-refractivity contribution is -0.128. The Morgan fingerprint density at radius 3 is 2.29 bits per heavy atom. The van der Waals surface area contributed by atoms with E-state index in [0.717, 1.165) is 0 Å². The first kappa shape index (κ1) is 17.6. The Labute approximate surface area is 141 Å². The second-order valence-electron chi connectivity index (χ2n) is 6.46. The number of carbonyl (C=O) groups excluding carboxylic acids is 2. The van der Waals surface area contributed by atoms with Crippen molar-refractivity contribution in [2.24, 2.45) is 0 Å². The SMILES string of the molecule is C[C@H](Oc1ccc(C(C)(C)C)cc1)C(=O)NNC(=O)c1ccco1. The van der Waals surface area contributed by atoms with Gasteiger partial charge in [-0.15, -0.1) is 0 Å². The summed E-state index contributed by atoms with van der Waals surface area (Å²) in [4.78, 5) is 23.6. The second-order valence-corrected chi connectivity index (χ2v) is 6.46. The van der Waals surface area contributed by atoms with Crippen LogP contribution >= 0.6 is 0 Å². The third-order valence-corrected chi connectivity index (χ3v) is 3.45. The minimum absolute atomic E-state index is 0.0532. The fourth-order valence-electron chi connectivity index (χ4n) is 1.98. The van der Waals surface area contributed by atoms with Crippen LogP contribution in [0.4, 0.5) is 0 Å². The highest BCUT2D eigenvalue weighted by Crippen LogP contribution is 2.24.